The summed E-state index contributed by atoms with van der Waals surface area (Å²) in [5.74, 6) is 1.13. The van der Waals surface area contributed by atoms with Crippen LogP contribution in [0.1, 0.15) is 46.4 Å². The summed E-state index contributed by atoms with van der Waals surface area (Å²) in [6.07, 6.45) is 1.82. The molecule has 146 valence electrons. The number of non-ortho nitro benzene ring substituents is 1. The van der Waals surface area contributed by atoms with Crippen molar-refractivity contribution in [2.24, 2.45) is 5.92 Å². The van der Waals surface area contributed by atoms with Crippen LogP contribution >= 0.6 is 0 Å². The van der Waals surface area contributed by atoms with E-state index in [1.165, 1.54) is 12.1 Å². The second kappa shape index (κ2) is 9.25. The lowest BCUT2D eigenvalue weighted by Gasteiger charge is -2.29. The molecule has 0 aliphatic heterocycles. The van der Waals surface area contributed by atoms with Crippen molar-refractivity contribution >= 4 is 11.6 Å². The highest BCUT2D eigenvalue weighted by Crippen LogP contribution is 2.21. The van der Waals surface area contributed by atoms with E-state index >= 15 is 0 Å². The zero-order chi connectivity index (χ0) is 20.0. The maximum Gasteiger partial charge on any atom is 0.270 e. The van der Waals surface area contributed by atoms with Crippen LogP contribution in [-0.2, 0) is 11.2 Å². The van der Waals surface area contributed by atoms with Gasteiger partial charge in [0.15, 0.2) is 0 Å². The summed E-state index contributed by atoms with van der Waals surface area (Å²) in [5.41, 5.74) is 0.495. The van der Waals surface area contributed by atoms with Gasteiger partial charge < -0.3 is 9.42 Å². The number of amides is 1. The normalized spacial score (nSPS) is 12.2. The van der Waals surface area contributed by atoms with Gasteiger partial charge in [-0.2, -0.15) is 4.98 Å². The van der Waals surface area contributed by atoms with Crippen LogP contribution in [-0.4, -0.2) is 38.5 Å². The Kier molecular flexibility index (Phi) is 7.04. The SMILES string of the molecule is CCC(C)N(CCc1nc(-c2cccc([N+](=O)[O-])c2)no1)C(=O)CC(C)C. The first-order chi connectivity index (χ1) is 12.8. The van der Waals surface area contributed by atoms with Gasteiger partial charge in [-0.05, 0) is 19.3 Å². The van der Waals surface area contributed by atoms with Gasteiger partial charge in [0.1, 0.15) is 0 Å². The number of hydrogen-bond donors (Lipinski definition) is 0. The minimum atomic E-state index is -0.463. The van der Waals surface area contributed by atoms with Crippen molar-refractivity contribution in [1.82, 2.24) is 15.0 Å². The average Bonchev–Trinajstić information content (AvgIpc) is 3.10. The molecule has 0 saturated heterocycles. The van der Waals surface area contributed by atoms with Gasteiger partial charge in [-0.15, -0.1) is 0 Å². The van der Waals surface area contributed by atoms with Crippen LogP contribution in [0.2, 0.25) is 0 Å². The molecule has 0 fully saturated rings. The molecule has 0 aliphatic rings. The molecule has 2 rings (SSSR count). The molecule has 1 aromatic carbocycles. The van der Waals surface area contributed by atoms with E-state index in [4.69, 9.17) is 4.52 Å². The monoisotopic (exact) mass is 374 g/mol. The van der Waals surface area contributed by atoms with Crippen molar-refractivity contribution in [3.05, 3.63) is 40.3 Å². The number of rotatable bonds is 9. The van der Waals surface area contributed by atoms with Crippen LogP contribution in [0.5, 0.6) is 0 Å². The van der Waals surface area contributed by atoms with E-state index in [0.717, 1.165) is 6.42 Å². The fraction of sp³-hybridized carbons (Fsp3) is 0.526. The molecule has 2 aromatic rings. The highest BCUT2D eigenvalue weighted by atomic mass is 16.6. The molecule has 0 aliphatic carbocycles. The second-order valence-electron chi connectivity index (χ2n) is 7.01. The Bertz CT molecular complexity index is 788. The predicted octanol–water partition coefficient (Wildman–Crippen LogP) is 3.86. The van der Waals surface area contributed by atoms with Crippen molar-refractivity contribution in [3.8, 4) is 11.4 Å². The standard InChI is InChI=1S/C19H26N4O4/c1-5-14(4)22(18(24)11-13(2)3)10-9-17-20-19(21-27-17)15-7-6-8-16(12-15)23(25)26/h6-8,12-14H,5,9-11H2,1-4H3. The number of benzene rings is 1. The van der Waals surface area contributed by atoms with Crippen molar-refractivity contribution in [2.45, 2.75) is 53.0 Å². The van der Waals surface area contributed by atoms with Crippen LogP contribution in [0.25, 0.3) is 11.4 Å². The Labute approximate surface area is 158 Å². The summed E-state index contributed by atoms with van der Waals surface area (Å²) in [5, 5.41) is 14.8. The Morgan fingerprint density at radius 3 is 2.70 bits per heavy atom. The number of nitro groups is 1. The van der Waals surface area contributed by atoms with E-state index in [9.17, 15) is 14.9 Å². The molecule has 1 amide bonds. The lowest BCUT2D eigenvalue weighted by atomic mass is 10.1. The number of hydrogen-bond acceptors (Lipinski definition) is 6. The van der Waals surface area contributed by atoms with E-state index in [0.29, 0.717) is 42.6 Å². The van der Waals surface area contributed by atoms with Crippen LogP contribution in [0.4, 0.5) is 5.69 Å². The van der Waals surface area contributed by atoms with Crippen LogP contribution in [0.15, 0.2) is 28.8 Å². The number of nitrogens with zero attached hydrogens (tertiary/aromatic N) is 4. The zero-order valence-corrected chi connectivity index (χ0v) is 16.2. The van der Waals surface area contributed by atoms with Gasteiger partial charge >= 0.3 is 0 Å². The summed E-state index contributed by atoms with van der Waals surface area (Å²) in [6.45, 7) is 8.62. The third-order valence-electron chi connectivity index (χ3n) is 4.38. The summed E-state index contributed by atoms with van der Waals surface area (Å²) in [4.78, 5) is 29.1. The summed E-state index contributed by atoms with van der Waals surface area (Å²) >= 11 is 0. The van der Waals surface area contributed by atoms with Crippen molar-refractivity contribution in [2.75, 3.05) is 6.54 Å². The topological polar surface area (TPSA) is 102 Å². The molecular formula is C19H26N4O4. The Morgan fingerprint density at radius 1 is 1.33 bits per heavy atom. The molecule has 0 N–H and O–H groups in total. The van der Waals surface area contributed by atoms with Crippen molar-refractivity contribution in [1.29, 1.82) is 0 Å². The molecule has 0 spiro atoms. The van der Waals surface area contributed by atoms with Crippen molar-refractivity contribution < 1.29 is 14.2 Å². The molecule has 1 atom stereocenters. The fourth-order valence-electron chi connectivity index (χ4n) is 2.73. The molecule has 8 heteroatoms. The minimum Gasteiger partial charge on any atom is -0.339 e. The number of nitro benzene ring substituents is 1. The highest BCUT2D eigenvalue weighted by molar-refractivity contribution is 5.76. The first-order valence-corrected chi connectivity index (χ1v) is 9.18. The molecule has 0 bridgehead atoms. The Hall–Kier alpha value is -2.77. The smallest absolute Gasteiger partial charge is 0.270 e. The minimum absolute atomic E-state index is 0.0268. The molecule has 0 radical (unpaired) electrons. The first-order valence-electron chi connectivity index (χ1n) is 9.18. The largest absolute Gasteiger partial charge is 0.339 e. The summed E-state index contributed by atoms with van der Waals surface area (Å²) < 4.78 is 5.28. The fourth-order valence-corrected chi connectivity index (χ4v) is 2.73. The molecule has 1 aromatic heterocycles. The quantitative estimate of drug-likeness (QED) is 0.488. The maximum absolute atomic E-state index is 12.5. The molecule has 8 nitrogen and oxygen atoms in total. The maximum atomic E-state index is 12.5. The lowest BCUT2D eigenvalue weighted by Crippen LogP contribution is -2.40. The van der Waals surface area contributed by atoms with Gasteiger partial charge in [-0.1, -0.05) is 38.1 Å². The number of carbonyl (C=O) groups is 1. The molecule has 1 heterocycles. The third-order valence-corrected chi connectivity index (χ3v) is 4.38. The van der Waals surface area contributed by atoms with Gasteiger partial charge in [-0.3, -0.25) is 14.9 Å². The number of aromatic nitrogens is 2. The van der Waals surface area contributed by atoms with Crippen LogP contribution in [0.3, 0.4) is 0 Å². The van der Waals surface area contributed by atoms with E-state index in [-0.39, 0.29) is 17.6 Å². The van der Waals surface area contributed by atoms with Gasteiger partial charge in [0.2, 0.25) is 17.6 Å². The molecule has 1 unspecified atom stereocenters. The predicted molar refractivity (Wildman–Crippen MR) is 101 cm³/mol. The van der Waals surface area contributed by atoms with Gasteiger partial charge in [0.05, 0.1) is 4.92 Å². The third kappa shape index (κ3) is 5.60. The Morgan fingerprint density at radius 2 is 2.07 bits per heavy atom. The summed E-state index contributed by atoms with van der Waals surface area (Å²) in [6, 6.07) is 6.23. The van der Waals surface area contributed by atoms with Gasteiger partial charge in [-0.25, -0.2) is 0 Å². The van der Waals surface area contributed by atoms with Crippen molar-refractivity contribution in [3.63, 3.8) is 0 Å². The van der Waals surface area contributed by atoms with Crippen LogP contribution in [0, 0.1) is 16.0 Å². The van der Waals surface area contributed by atoms with E-state index in [1.807, 2.05) is 32.6 Å². The highest BCUT2D eigenvalue weighted by Gasteiger charge is 2.21. The van der Waals surface area contributed by atoms with E-state index in [2.05, 4.69) is 10.1 Å². The zero-order valence-electron chi connectivity index (χ0n) is 16.2. The van der Waals surface area contributed by atoms with E-state index < -0.39 is 4.92 Å². The first kappa shape index (κ1) is 20.5. The molecule has 27 heavy (non-hydrogen) atoms. The lowest BCUT2D eigenvalue weighted by molar-refractivity contribution is -0.384. The van der Waals surface area contributed by atoms with Gasteiger partial charge in [0.25, 0.3) is 5.69 Å². The molecular weight excluding hydrogens is 348 g/mol. The average molecular weight is 374 g/mol. The number of carbonyl (C=O) groups excluding carboxylic acids is 1. The molecule has 0 saturated carbocycles. The van der Waals surface area contributed by atoms with Crippen LogP contribution < -0.4 is 0 Å². The summed E-state index contributed by atoms with van der Waals surface area (Å²) in [7, 11) is 0. The Balaban J connectivity index is 2.08. The van der Waals surface area contributed by atoms with Gasteiger partial charge in [0, 0.05) is 43.1 Å². The van der Waals surface area contributed by atoms with E-state index in [1.54, 1.807) is 12.1 Å². The second-order valence-corrected chi connectivity index (χ2v) is 7.01.